The van der Waals surface area contributed by atoms with Gasteiger partial charge in [-0.15, -0.1) is 0 Å². The molecular formula is C25H25Br2N3O3S. The molecule has 34 heavy (non-hydrogen) atoms. The van der Waals surface area contributed by atoms with Crippen LogP contribution in [0, 0.1) is 5.92 Å². The van der Waals surface area contributed by atoms with E-state index in [0.717, 1.165) is 23.0 Å². The summed E-state index contributed by atoms with van der Waals surface area (Å²) >= 11 is 6.82. The van der Waals surface area contributed by atoms with Crippen molar-refractivity contribution >= 4 is 53.5 Å². The second-order valence-electron chi connectivity index (χ2n) is 8.42. The van der Waals surface area contributed by atoms with Gasteiger partial charge in [0.25, 0.3) is 5.91 Å². The fraction of sp³-hybridized carbons (Fsp3) is 0.280. The van der Waals surface area contributed by atoms with Gasteiger partial charge in [-0.05, 0) is 89.3 Å². The van der Waals surface area contributed by atoms with E-state index >= 15 is 0 Å². The third kappa shape index (κ3) is 5.59. The Morgan fingerprint density at radius 2 is 1.76 bits per heavy atom. The molecule has 0 atom stereocenters. The summed E-state index contributed by atoms with van der Waals surface area (Å²) in [5.74, 6) is 0.207. The number of nitrogens with zero attached hydrogens (tertiary/aromatic N) is 3. The monoisotopic (exact) mass is 605 g/mol. The van der Waals surface area contributed by atoms with Gasteiger partial charge in [0.2, 0.25) is 10.0 Å². The Hall–Kier alpha value is -2.07. The number of benzene rings is 2. The van der Waals surface area contributed by atoms with Gasteiger partial charge in [-0.25, -0.2) is 8.42 Å². The standard InChI is InChI=1S/C25H25Br2N3O3S/c1-18-11-14-29(15-12-18)34(32,33)24-16-19(5-10-23(24)27)25(31)30(17-21-4-2-3-13-28-21)22-8-6-20(26)7-9-22/h2-10,13,16,18H,11-12,14-15,17H2,1H3. The largest absolute Gasteiger partial charge is 0.302 e. The first-order chi connectivity index (χ1) is 16.3. The van der Waals surface area contributed by atoms with Gasteiger partial charge in [-0.2, -0.15) is 4.31 Å². The number of aromatic nitrogens is 1. The molecule has 2 heterocycles. The molecular weight excluding hydrogens is 582 g/mol. The van der Waals surface area contributed by atoms with Crippen molar-refractivity contribution in [1.29, 1.82) is 0 Å². The zero-order valence-electron chi connectivity index (χ0n) is 18.7. The van der Waals surface area contributed by atoms with Crippen LogP contribution in [0.1, 0.15) is 35.8 Å². The van der Waals surface area contributed by atoms with Crippen LogP contribution in [0.3, 0.4) is 0 Å². The Morgan fingerprint density at radius 1 is 1.06 bits per heavy atom. The van der Waals surface area contributed by atoms with E-state index in [0.29, 0.717) is 34.7 Å². The van der Waals surface area contributed by atoms with Crippen molar-refractivity contribution in [3.05, 3.63) is 87.1 Å². The lowest BCUT2D eigenvalue weighted by atomic mass is 10.0. The van der Waals surface area contributed by atoms with E-state index in [-0.39, 0.29) is 17.3 Å². The van der Waals surface area contributed by atoms with Crippen LogP contribution in [0.25, 0.3) is 0 Å². The molecule has 3 aromatic rings. The topological polar surface area (TPSA) is 70.6 Å². The van der Waals surface area contributed by atoms with Crippen molar-refractivity contribution < 1.29 is 13.2 Å². The summed E-state index contributed by atoms with van der Waals surface area (Å²) in [6.45, 7) is 3.36. The number of sulfonamides is 1. The first-order valence-electron chi connectivity index (χ1n) is 11.0. The first-order valence-corrected chi connectivity index (χ1v) is 14.1. The van der Waals surface area contributed by atoms with Crippen molar-refractivity contribution in [2.75, 3.05) is 18.0 Å². The summed E-state index contributed by atoms with van der Waals surface area (Å²) in [5.41, 5.74) is 1.72. The highest BCUT2D eigenvalue weighted by molar-refractivity contribution is 9.10. The first kappa shape index (κ1) is 25.0. The molecule has 0 aliphatic carbocycles. The fourth-order valence-corrected chi connectivity index (χ4v) is 6.59. The minimum absolute atomic E-state index is 0.112. The summed E-state index contributed by atoms with van der Waals surface area (Å²) in [6.07, 6.45) is 3.34. The number of pyridine rings is 1. The Labute approximate surface area is 217 Å². The van der Waals surface area contributed by atoms with Crippen LogP contribution in [0.2, 0.25) is 0 Å². The maximum absolute atomic E-state index is 13.7. The summed E-state index contributed by atoms with van der Waals surface area (Å²) in [5, 5.41) is 0. The summed E-state index contributed by atoms with van der Waals surface area (Å²) in [7, 11) is -3.73. The molecule has 0 saturated carbocycles. The number of anilines is 1. The number of hydrogen-bond acceptors (Lipinski definition) is 4. The number of amides is 1. The molecule has 0 bridgehead atoms. The molecule has 1 fully saturated rings. The average Bonchev–Trinajstić information content (AvgIpc) is 2.84. The zero-order chi connectivity index (χ0) is 24.3. The van der Waals surface area contributed by atoms with Crippen LogP contribution in [-0.2, 0) is 16.6 Å². The second-order valence-corrected chi connectivity index (χ2v) is 12.1. The normalized spacial score (nSPS) is 15.3. The Morgan fingerprint density at radius 3 is 2.41 bits per heavy atom. The van der Waals surface area contributed by atoms with Crippen molar-refractivity contribution in [1.82, 2.24) is 9.29 Å². The number of halogens is 2. The molecule has 0 N–H and O–H groups in total. The minimum atomic E-state index is -3.73. The fourth-order valence-electron chi connectivity index (χ4n) is 3.91. The van der Waals surface area contributed by atoms with Crippen LogP contribution in [0.5, 0.6) is 0 Å². The number of rotatable bonds is 6. The average molecular weight is 607 g/mol. The second kappa shape index (κ2) is 10.7. The van der Waals surface area contributed by atoms with E-state index in [1.54, 1.807) is 23.2 Å². The highest BCUT2D eigenvalue weighted by Gasteiger charge is 2.31. The van der Waals surface area contributed by atoms with Gasteiger partial charge in [0.05, 0.1) is 17.1 Å². The SMILES string of the molecule is CC1CCN(S(=O)(=O)c2cc(C(=O)N(Cc3ccccn3)c3ccc(Br)cc3)ccc2Br)CC1. The van der Waals surface area contributed by atoms with E-state index in [1.165, 1.54) is 10.4 Å². The van der Waals surface area contributed by atoms with E-state index in [1.807, 2.05) is 42.5 Å². The van der Waals surface area contributed by atoms with Crippen LogP contribution >= 0.6 is 31.9 Å². The quantitative estimate of drug-likeness (QED) is 0.352. The van der Waals surface area contributed by atoms with E-state index < -0.39 is 10.0 Å². The minimum Gasteiger partial charge on any atom is -0.302 e. The molecule has 2 aromatic carbocycles. The van der Waals surface area contributed by atoms with Gasteiger partial charge in [-0.1, -0.05) is 28.9 Å². The molecule has 1 aromatic heterocycles. The molecule has 0 unspecified atom stereocenters. The molecule has 1 aliphatic heterocycles. The van der Waals surface area contributed by atoms with Gasteiger partial charge < -0.3 is 4.90 Å². The molecule has 4 rings (SSSR count). The predicted molar refractivity (Wildman–Crippen MR) is 140 cm³/mol. The maximum atomic E-state index is 13.7. The van der Waals surface area contributed by atoms with Crippen molar-refractivity contribution in [3.63, 3.8) is 0 Å². The molecule has 1 saturated heterocycles. The highest BCUT2D eigenvalue weighted by atomic mass is 79.9. The highest BCUT2D eigenvalue weighted by Crippen LogP contribution is 2.30. The molecule has 1 amide bonds. The van der Waals surface area contributed by atoms with E-state index in [4.69, 9.17) is 0 Å². The third-order valence-corrected chi connectivity index (χ3v) is 9.39. The van der Waals surface area contributed by atoms with Crippen molar-refractivity contribution in [2.45, 2.75) is 31.2 Å². The van der Waals surface area contributed by atoms with Gasteiger partial charge in [0, 0.05) is 39.5 Å². The van der Waals surface area contributed by atoms with Crippen LogP contribution in [-0.4, -0.2) is 36.7 Å². The van der Waals surface area contributed by atoms with Gasteiger partial charge in [-0.3, -0.25) is 9.78 Å². The molecule has 178 valence electrons. The zero-order valence-corrected chi connectivity index (χ0v) is 22.7. The number of piperidine rings is 1. The predicted octanol–water partition coefficient (Wildman–Crippen LogP) is 5.87. The Bertz CT molecular complexity index is 1260. The summed E-state index contributed by atoms with van der Waals surface area (Å²) in [4.78, 5) is 19.8. The summed E-state index contributed by atoms with van der Waals surface area (Å²) in [6, 6.07) is 17.7. The Balaban J connectivity index is 1.70. The van der Waals surface area contributed by atoms with Gasteiger partial charge in [0.1, 0.15) is 0 Å². The number of carbonyl (C=O) groups is 1. The Kier molecular flexibility index (Phi) is 7.87. The molecule has 6 nitrogen and oxygen atoms in total. The van der Waals surface area contributed by atoms with Crippen LogP contribution < -0.4 is 4.90 Å². The number of hydrogen-bond donors (Lipinski definition) is 0. The number of carbonyl (C=O) groups excluding carboxylic acids is 1. The molecule has 1 aliphatic rings. The van der Waals surface area contributed by atoms with Crippen molar-refractivity contribution in [2.24, 2.45) is 5.92 Å². The van der Waals surface area contributed by atoms with Crippen molar-refractivity contribution in [3.8, 4) is 0 Å². The summed E-state index contributed by atoms with van der Waals surface area (Å²) < 4.78 is 29.7. The van der Waals surface area contributed by atoms with Crippen LogP contribution in [0.15, 0.2) is 80.7 Å². The smallest absolute Gasteiger partial charge is 0.258 e. The lowest BCUT2D eigenvalue weighted by Gasteiger charge is -2.30. The molecule has 9 heteroatoms. The van der Waals surface area contributed by atoms with Crippen LogP contribution in [0.4, 0.5) is 5.69 Å². The lowest BCUT2D eigenvalue weighted by Crippen LogP contribution is -2.38. The maximum Gasteiger partial charge on any atom is 0.258 e. The third-order valence-electron chi connectivity index (χ3n) is 5.97. The molecule has 0 spiro atoms. The van der Waals surface area contributed by atoms with E-state index in [2.05, 4.69) is 43.8 Å². The van der Waals surface area contributed by atoms with Gasteiger partial charge >= 0.3 is 0 Å². The lowest BCUT2D eigenvalue weighted by molar-refractivity contribution is 0.0984. The van der Waals surface area contributed by atoms with E-state index in [9.17, 15) is 13.2 Å². The van der Waals surface area contributed by atoms with Gasteiger partial charge in [0.15, 0.2) is 0 Å². The molecule has 0 radical (unpaired) electrons.